The van der Waals surface area contributed by atoms with Crippen molar-refractivity contribution in [2.24, 2.45) is 0 Å². The van der Waals surface area contributed by atoms with Crippen LogP contribution in [0.15, 0.2) is 12.3 Å². The summed E-state index contributed by atoms with van der Waals surface area (Å²) in [6.45, 7) is 1.69. The van der Waals surface area contributed by atoms with Gasteiger partial charge in [0.25, 0.3) is 0 Å². The van der Waals surface area contributed by atoms with Crippen molar-refractivity contribution < 1.29 is 17.2 Å². The molecule has 8 heteroatoms. The molecule has 0 saturated carbocycles. The molecule has 0 aromatic carbocycles. The van der Waals surface area contributed by atoms with Gasteiger partial charge in [-0.3, -0.25) is 4.55 Å². The molecule has 1 saturated heterocycles. The number of piperidine rings is 1. The summed E-state index contributed by atoms with van der Waals surface area (Å²) in [4.78, 5) is 9.95. The van der Waals surface area contributed by atoms with Gasteiger partial charge >= 0.3 is 10.4 Å². The van der Waals surface area contributed by atoms with E-state index in [1.165, 1.54) is 18.7 Å². The average Bonchev–Trinajstić information content (AvgIpc) is 2.28. The van der Waals surface area contributed by atoms with Crippen LogP contribution in [0.2, 0.25) is 0 Å². The maximum Gasteiger partial charge on any atom is 0.447 e. The van der Waals surface area contributed by atoms with E-state index in [4.69, 9.17) is 4.55 Å². The SMILES string of the molecule is O=S(=O)(O)Oc1ccnc(N2CCCCC2)n1. The van der Waals surface area contributed by atoms with Gasteiger partial charge in [-0.1, -0.05) is 0 Å². The van der Waals surface area contributed by atoms with Gasteiger partial charge in [-0.2, -0.15) is 13.4 Å². The zero-order chi connectivity index (χ0) is 12.3. The quantitative estimate of drug-likeness (QED) is 0.796. The lowest BCUT2D eigenvalue weighted by atomic mass is 10.1. The second kappa shape index (κ2) is 4.84. The molecule has 1 aromatic heterocycles. The van der Waals surface area contributed by atoms with Crippen molar-refractivity contribution in [3.8, 4) is 5.88 Å². The van der Waals surface area contributed by atoms with Crippen LogP contribution in [-0.4, -0.2) is 36.0 Å². The minimum atomic E-state index is -4.53. The zero-order valence-electron chi connectivity index (χ0n) is 9.11. The van der Waals surface area contributed by atoms with Crippen LogP contribution in [0.1, 0.15) is 19.3 Å². The first kappa shape index (κ1) is 12.1. The van der Waals surface area contributed by atoms with Crippen LogP contribution >= 0.6 is 0 Å². The Hall–Kier alpha value is -1.41. The minimum absolute atomic E-state index is 0.178. The lowest BCUT2D eigenvalue weighted by Crippen LogP contribution is -2.31. The first-order chi connectivity index (χ1) is 8.04. The maximum absolute atomic E-state index is 10.5. The van der Waals surface area contributed by atoms with Crippen molar-refractivity contribution in [2.45, 2.75) is 19.3 Å². The lowest BCUT2D eigenvalue weighted by Gasteiger charge is -2.26. The van der Waals surface area contributed by atoms with Crippen LogP contribution in [-0.2, 0) is 10.4 Å². The third-order valence-corrected chi connectivity index (χ3v) is 2.83. The summed E-state index contributed by atoms with van der Waals surface area (Å²) in [6.07, 6.45) is 4.70. The number of hydrogen-bond acceptors (Lipinski definition) is 6. The Morgan fingerprint density at radius 1 is 1.29 bits per heavy atom. The first-order valence-electron chi connectivity index (χ1n) is 5.29. The summed E-state index contributed by atoms with van der Waals surface area (Å²) in [5.74, 6) is 0.244. The normalized spacial score (nSPS) is 16.9. The third-order valence-electron chi connectivity index (χ3n) is 2.45. The second-order valence-electron chi connectivity index (χ2n) is 3.75. The molecule has 7 nitrogen and oxygen atoms in total. The van der Waals surface area contributed by atoms with Gasteiger partial charge in [0.15, 0.2) is 0 Å². The minimum Gasteiger partial charge on any atom is -0.341 e. The highest BCUT2D eigenvalue weighted by Crippen LogP contribution is 2.18. The highest BCUT2D eigenvalue weighted by Gasteiger charge is 2.15. The van der Waals surface area contributed by atoms with Gasteiger partial charge < -0.3 is 9.08 Å². The van der Waals surface area contributed by atoms with E-state index < -0.39 is 10.4 Å². The van der Waals surface area contributed by atoms with E-state index in [1.807, 2.05) is 4.90 Å². The van der Waals surface area contributed by atoms with Crippen molar-refractivity contribution in [1.82, 2.24) is 9.97 Å². The largest absolute Gasteiger partial charge is 0.447 e. The summed E-state index contributed by atoms with van der Waals surface area (Å²) < 4.78 is 33.9. The number of aromatic nitrogens is 2. The predicted molar refractivity (Wildman–Crippen MR) is 60.3 cm³/mol. The van der Waals surface area contributed by atoms with Gasteiger partial charge in [0.1, 0.15) is 0 Å². The summed E-state index contributed by atoms with van der Waals surface area (Å²) >= 11 is 0. The molecule has 2 rings (SSSR count). The lowest BCUT2D eigenvalue weighted by molar-refractivity contribution is 0.380. The first-order valence-corrected chi connectivity index (χ1v) is 6.66. The number of hydrogen-bond donors (Lipinski definition) is 1. The summed E-state index contributed by atoms with van der Waals surface area (Å²) in [5, 5.41) is 0. The Morgan fingerprint density at radius 2 is 2.00 bits per heavy atom. The van der Waals surface area contributed by atoms with Crippen LogP contribution in [0.25, 0.3) is 0 Å². The Balaban J connectivity index is 2.16. The molecule has 2 heterocycles. The molecule has 0 bridgehead atoms. The fraction of sp³-hybridized carbons (Fsp3) is 0.556. The topological polar surface area (TPSA) is 92.6 Å². The summed E-state index contributed by atoms with van der Waals surface area (Å²) in [7, 11) is -4.53. The molecule has 0 unspecified atom stereocenters. The molecule has 0 aliphatic carbocycles. The number of anilines is 1. The summed E-state index contributed by atoms with van der Waals surface area (Å²) in [5.41, 5.74) is 0. The second-order valence-corrected chi connectivity index (χ2v) is 4.78. The highest BCUT2D eigenvalue weighted by molar-refractivity contribution is 7.81. The molecule has 17 heavy (non-hydrogen) atoms. The third kappa shape index (κ3) is 3.53. The van der Waals surface area contributed by atoms with Crippen LogP contribution in [0.3, 0.4) is 0 Å². The van der Waals surface area contributed by atoms with E-state index in [-0.39, 0.29) is 5.88 Å². The Kier molecular flexibility index (Phi) is 3.43. The fourth-order valence-electron chi connectivity index (χ4n) is 1.73. The van der Waals surface area contributed by atoms with Gasteiger partial charge in [0.2, 0.25) is 11.8 Å². The van der Waals surface area contributed by atoms with E-state index in [0.29, 0.717) is 5.95 Å². The Bertz CT molecular complexity index is 485. The molecular formula is C9H13N3O4S. The van der Waals surface area contributed by atoms with Crippen LogP contribution in [0.4, 0.5) is 5.95 Å². The molecule has 1 fully saturated rings. The van der Waals surface area contributed by atoms with Crippen LogP contribution in [0.5, 0.6) is 5.88 Å². The highest BCUT2D eigenvalue weighted by atomic mass is 32.3. The van der Waals surface area contributed by atoms with Gasteiger partial charge in [0.05, 0.1) is 0 Å². The molecule has 94 valence electrons. The fourth-order valence-corrected chi connectivity index (χ4v) is 2.04. The van der Waals surface area contributed by atoms with Crippen molar-refractivity contribution >= 4 is 16.3 Å². The molecule has 1 aliphatic rings. The van der Waals surface area contributed by atoms with Gasteiger partial charge in [-0.25, -0.2) is 4.98 Å². The standard InChI is InChI=1S/C9H13N3O4S/c13-17(14,15)16-8-4-5-10-9(11-8)12-6-2-1-3-7-12/h4-5H,1-3,6-7H2,(H,13,14,15). The zero-order valence-corrected chi connectivity index (χ0v) is 9.93. The Labute approximate surface area is 99.4 Å². The number of nitrogens with zero attached hydrogens (tertiary/aromatic N) is 3. The Morgan fingerprint density at radius 3 is 2.65 bits per heavy atom. The van der Waals surface area contributed by atoms with E-state index in [0.717, 1.165) is 25.9 Å². The van der Waals surface area contributed by atoms with Gasteiger partial charge in [-0.15, -0.1) is 0 Å². The molecule has 1 N–H and O–H groups in total. The molecule has 0 amide bonds. The number of rotatable bonds is 3. The molecule has 0 spiro atoms. The van der Waals surface area contributed by atoms with Crippen LogP contribution in [0, 0.1) is 0 Å². The predicted octanol–water partition coefficient (Wildman–Crippen LogP) is 0.649. The molecular weight excluding hydrogens is 246 g/mol. The molecule has 1 aromatic rings. The van der Waals surface area contributed by atoms with Gasteiger partial charge in [-0.05, 0) is 19.3 Å². The van der Waals surface area contributed by atoms with Crippen molar-refractivity contribution in [3.63, 3.8) is 0 Å². The monoisotopic (exact) mass is 259 g/mol. The maximum atomic E-state index is 10.5. The van der Waals surface area contributed by atoms with Crippen molar-refractivity contribution in [3.05, 3.63) is 12.3 Å². The van der Waals surface area contributed by atoms with E-state index in [9.17, 15) is 8.42 Å². The van der Waals surface area contributed by atoms with Crippen LogP contribution < -0.4 is 9.08 Å². The van der Waals surface area contributed by atoms with Gasteiger partial charge in [0, 0.05) is 25.4 Å². The van der Waals surface area contributed by atoms with E-state index >= 15 is 0 Å². The molecule has 0 radical (unpaired) electrons. The van der Waals surface area contributed by atoms with E-state index in [2.05, 4.69) is 14.2 Å². The molecule has 0 atom stereocenters. The smallest absolute Gasteiger partial charge is 0.341 e. The van der Waals surface area contributed by atoms with Crippen molar-refractivity contribution in [2.75, 3.05) is 18.0 Å². The van der Waals surface area contributed by atoms with Crippen molar-refractivity contribution in [1.29, 1.82) is 0 Å². The summed E-state index contributed by atoms with van der Waals surface area (Å²) in [6, 6.07) is 1.28. The average molecular weight is 259 g/mol. The molecule has 1 aliphatic heterocycles. The van der Waals surface area contributed by atoms with E-state index in [1.54, 1.807) is 0 Å².